The van der Waals surface area contributed by atoms with E-state index in [1.54, 1.807) is 0 Å². The van der Waals surface area contributed by atoms with Crippen LogP contribution >= 0.6 is 23.2 Å². The Morgan fingerprint density at radius 3 is 1.33 bits per heavy atom. The van der Waals surface area contributed by atoms with Crippen LogP contribution in [0.5, 0.6) is 0 Å². The van der Waals surface area contributed by atoms with Crippen molar-refractivity contribution in [1.82, 2.24) is 9.80 Å². The summed E-state index contributed by atoms with van der Waals surface area (Å²) in [6, 6.07) is 12.9. The van der Waals surface area contributed by atoms with Crippen LogP contribution in [0.1, 0.15) is 129 Å². The van der Waals surface area contributed by atoms with Gasteiger partial charge in [-0.05, 0) is 176 Å². The molecule has 2 aromatic carbocycles. The molecule has 2 saturated carbocycles. The number of nitrogens with zero attached hydrogens (tertiary/aromatic N) is 2. The molecule has 4 fully saturated rings. The van der Waals surface area contributed by atoms with Gasteiger partial charge in [0, 0.05) is 23.2 Å². The molecule has 0 amide bonds. The summed E-state index contributed by atoms with van der Waals surface area (Å²) in [5.41, 5.74) is 15.6. The number of ketones is 1. The lowest BCUT2D eigenvalue weighted by molar-refractivity contribution is 0.103. The zero-order valence-corrected chi connectivity index (χ0v) is 29.3. The van der Waals surface area contributed by atoms with E-state index >= 15 is 0 Å². The number of benzene rings is 2. The summed E-state index contributed by atoms with van der Waals surface area (Å²) in [6.45, 7) is 6.73. The van der Waals surface area contributed by atoms with Crippen LogP contribution < -0.4 is 11.5 Å². The van der Waals surface area contributed by atoms with Crippen LogP contribution in [-0.4, -0.2) is 66.9 Å². The van der Waals surface area contributed by atoms with Crippen molar-refractivity contribution < 1.29 is 4.79 Å². The highest BCUT2D eigenvalue weighted by Gasteiger charge is 2.29. The molecule has 0 spiro atoms. The molecule has 5 nitrogen and oxygen atoms in total. The van der Waals surface area contributed by atoms with Gasteiger partial charge < -0.3 is 21.3 Å². The molecule has 0 aromatic heterocycles. The number of carbonyl (C=O) groups excluding carboxylic acids is 1. The third-order valence-corrected chi connectivity index (χ3v) is 12.9. The third kappa shape index (κ3) is 8.57. The minimum atomic E-state index is -0.0621. The van der Waals surface area contributed by atoms with E-state index in [-0.39, 0.29) is 5.78 Å². The zero-order chi connectivity index (χ0) is 32.0. The van der Waals surface area contributed by atoms with E-state index in [2.05, 4.69) is 21.9 Å². The molecule has 4 aliphatic rings. The number of halogens is 2. The summed E-state index contributed by atoms with van der Waals surface area (Å²) >= 11 is 14.1. The van der Waals surface area contributed by atoms with Gasteiger partial charge in [-0.2, -0.15) is 0 Å². The van der Waals surface area contributed by atoms with Crippen molar-refractivity contribution in [3.8, 4) is 0 Å². The second kappa shape index (κ2) is 16.3. The number of piperidine rings is 2. The van der Waals surface area contributed by atoms with Gasteiger partial charge in [-0.3, -0.25) is 4.79 Å². The third-order valence-electron chi connectivity index (χ3n) is 12.1. The van der Waals surface area contributed by atoms with Crippen molar-refractivity contribution in [1.29, 1.82) is 0 Å². The van der Waals surface area contributed by atoms with Crippen LogP contribution in [0.4, 0.5) is 0 Å². The SMILES string of the molecule is N[C@H]1CC[C@H](CCN2CCC(c3cccc(C(=O)c4cccc(C5CCN(CC[C@H]6CC[C@H](N)CC6)CC5)c4Cl)c3Cl)CC2)CC1. The van der Waals surface area contributed by atoms with Crippen molar-refractivity contribution in [2.24, 2.45) is 23.3 Å². The summed E-state index contributed by atoms with van der Waals surface area (Å²) in [5.74, 6) is 2.38. The summed E-state index contributed by atoms with van der Waals surface area (Å²) in [6.07, 6.45) is 16.8. The van der Waals surface area contributed by atoms with Crippen molar-refractivity contribution in [2.45, 2.75) is 114 Å². The summed E-state index contributed by atoms with van der Waals surface area (Å²) in [4.78, 5) is 19.2. The highest BCUT2D eigenvalue weighted by molar-refractivity contribution is 6.39. The molecule has 46 heavy (non-hydrogen) atoms. The van der Waals surface area contributed by atoms with Crippen molar-refractivity contribution in [3.05, 3.63) is 68.7 Å². The van der Waals surface area contributed by atoms with Crippen LogP contribution in [0.25, 0.3) is 0 Å². The minimum absolute atomic E-state index is 0.0621. The van der Waals surface area contributed by atoms with Gasteiger partial charge in [0.05, 0.1) is 10.0 Å². The number of hydrogen-bond donors (Lipinski definition) is 2. The standard InChI is InChI=1S/C39H56Cl2N4O/c40-37-33(29-17-23-44(24-18-29)21-15-27-7-11-31(42)12-8-27)3-1-5-35(37)39(46)36-6-2-4-34(38(36)41)30-19-25-45(26-20-30)22-16-28-9-13-32(43)14-10-28/h1-6,27-32H,7-26,42-43H2/t27-,28-,31-,32-. The molecule has 2 saturated heterocycles. The summed E-state index contributed by atoms with van der Waals surface area (Å²) in [5, 5.41) is 1.22. The molecular formula is C39H56Cl2N4O. The van der Waals surface area contributed by atoms with Crippen LogP contribution in [0.15, 0.2) is 36.4 Å². The van der Waals surface area contributed by atoms with Crippen molar-refractivity contribution >= 4 is 29.0 Å². The fraction of sp³-hybridized carbons (Fsp3) is 0.667. The lowest BCUT2D eigenvalue weighted by Gasteiger charge is -2.34. The maximum Gasteiger partial charge on any atom is 0.196 e. The number of nitrogens with two attached hydrogens (primary N) is 2. The predicted octanol–water partition coefficient (Wildman–Crippen LogP) is 8.40. The zero-order valence-electron chi connectivity index (χ0n) is 27.8. The number of carbonyl (C=O) groups is 1. The first-order valence-electron chi connectivity index (χ1n) is 18.4. The van der Waals surface area contributed by atoms with Gasteiger partial charge in [0.15, 0.2) is 5.78 Å². The molecule has 2 aliphatic carbocycles. The Kier molecular flexibility index (Phi) is 12.2. The average Bonchev–Trinajstić information content (AvgIpc) is 3.08. The normalized spacial score (nSPS) is 27.6. The Labute approximate surface area is 287 Å². The molecule has 0 atom stereocenters. The lowest BCUT2D eigenvalue weighted by atomic mass is 9.83. The van der Waals surface area contributed by atoms with E-state index in [0.29, 0.717) is 45.1 Å². The van der Waals surface area contributed by atoms with Gasteiger partial charge >= 0.3 is 0 Å². The van der Waals surface area contributed by atoms with Crippen LogP contribution in [0.3, 0.4) is 0 Å². The maximum atomic E-state index is 14.0. The largest absolute Gasteiger partial charge is 0.328 e. The molecule has 2 aromatic rings. The average molecular weight is 668 g/mol. The highest BCUT2D eigenvalue weighted by atomic mass is 35.5. The predicted molar refractivity (Wildman–Crippen MR) is 192 cm³/mol. The molecule has 252 valence electrons. The topological polar surface area (TPSA) is 75.6 Å². The second-order valence-corrected chi connectivity index (χ2v) is 15.9. The van der Waals surface area contributed by atoms with Crippen LogP contribution in [-0.2, 0) is 0 Å². The van der Waals surface area contributed by atoms with E-state index < -0.39 is 0 Å². The van der Waals surface area contributed by atoms with Gasteiger partial charge in [-0.1, -0.05) is 47.5 Å². The smallest absolute Gasteiger partial charge is 0.196 e. The van der Waals surface area contributed by atoms with Gasteiger partial charge in [-0.15, -0.1) is 0 Å². The Morgan fingerprint density at radius 1 is 0.587 bits per heavy atom. The van der Waals surface area contributed by atoms with E-state index in [0.717, 1.165) is 74.8 Å². The van der Waals surface area contributed by atoms with Gasteiger partial charge in [0.1, 0.15) is 0 Å². The number of rotatable bonds is 10. The highest BCUT2D eigenvalue weighted by Crippen LogP contribution is 2.39. The Bertz CT molecular complexity index is 1190. The van der Waals surface area contributed by atoms with Crippen LogP contribution in [0.2, 0.25) is 10.0 Å². The van der Waals surface area contributed by atoms with Crippen molar-refractivity contribution in [3.63, 3.8) is 0 Å². The fourth-order valence-electron chi connectivity index (χ4n) is 8.85. The first-order valence-corrected chi connectivity index (χ1v) is 19.2. The van der Waals surface area contributed by atoms with E-state index in [1.165, 1.54) is 77.3 Å². The van der Waals surface area contributed by atoms with Gasteiger partial charge in [0.2, 0.25) is 0 Å². The Morgan fingerprint density at radius 2 is 0.957 bits per heavy atom. The van der Waals surface area contributed by atoms with E-state index in [4.69, 9.17) is 34.7 Å². The molecule has 6 rings (SSSR count). The van der Waals surface area contributed by atoms with Gasteiger partial charge in [0.25, 0.3) is 0 Å². The monoisotopic (exact) mass is 666 g/mol. The summed E-state index contributed by atoms with van der Waals surface area (Å²) in [7, 11) is 0. The van der Waals surface area contributed by atoms with Crippen molar-refractivity contribution in [2.75, 3.05) is 39.3 Å². The van der Waals surface area contributed by atoms with E-state index in [1.807, 2.05) is 24.3 Å². The number of likely N-dealkylation sites (tertiary alicyclic amines) is 2. The number of hydrogen-bond acceptors (Lipinski definition) is 5. The second-order valence-electron chi connectivity index (χ2n) is 15.1. The molecule has 4 N–H and O–H groups in total. The lowest BCUT2D eigenvalue weighted by Crippen LogP contribution is -2.35. The molecule has 7 heteroatoms. The molecular weight excluding hydrogens is 611 g/mol. The molecule has 2 aliphatic heterocycles. The molecule has 0 bridgehead atoms. The molecule has 0 radical (unpaired) electrons. The van der Waals surface area contributed by atoms with E-state index in [9.17, 15) is 4.79 Å². The van der Waals surface area contributed by atoms with Crippen LogP contribution in [0, 0.1) is 11.8 Å². The molecule has 2 heterocycles. The first kappa shape index (κ1) is 34.4. The Balaban J connectivity index is 1.03. The minimum Gasteiger partial charge on any atom is -0.328 e. The Hall–Kier alpha value is -1.47. The maximum absolute atomic E-state index is 14.0. The molecule has 0 unspecified atom stereocenters. The summed E-state index contributed by atoms with van der Waals surface area (Å²) < 4.78 is 0. The quantitative estimate of drug-likeness (QED) is 0.249. The first-order chi connectivity index (χ1) is 22.4. The fourth-order valence-corrected chi connectivity index (χ4v) is 9.58. The van der Waals surface area contributed by atoms with Gasteiger partial charge in [-0.25, -0.2) is 0 Å².